The minimum absolute atomic E-state index is 0.273. The lowest BCUT2D eigenvalue weighted by Crippen LogP contribution is -1.75. The van der Waals surface area contributed by atoms with Gasteiger partial charge in [0.25, 0.3) is 0 Å². The van der Waals surface area contributed by atoms with Crippen LogP contribution in [0.25, 0.3) is 10.1 Å². The third-order valence-corrected chi connectivity index (χ3v) is 3.36. The number of halogens is 3. The molecule has 0 spiro atoms. The van der Waals surface area contributed by atoms with Crippen LogP contribution in [0.5, 0.6) is 0 Å². The molecule has 12 heavy (non-hydrogen) atoms. The maximum absolute atomic E-state index is 13.2. The van der Waals surface area contributed by atoms with Crippen molar-refractivity contribution in [1.29, 1.82) is 0 Å². The molecule has 62 valence electrons. The van der Waals surface area contributed by atoms with Crippen molar-refractivity contribution >= 4 is 49.0 Å². The summed E-state index contributed by atoms with van der Waals surface area (Å²) < 4.78 is 14.8. The van der Waals surface area contributed by atoms with E-state index in [1.807, 2.05) is 6.07 Å². The lowest BCUT2D eigenvalue weighted by Gasteiger charge is -1.94. The number of benzene rings is 1. The van der Waals surface area contributed by atoms with Crippen LogP contribution in [0.1, 0.15) is 0 Å². The van der Waals surface area contributed by atoms with Crippen LogP contribution in [-0.2, 0) is 0 Å². The number of hydrogen-bond acceptors (Lipinski definition) is 1. The van der Waals surface area contributed by atoms with E-state index < -0.39 is 0 Å². The van der Waals surface area contributed by atoms with Gasteiger partial charge in [-0.3, -0.25) is 0 Å². The first kappa shape index (κ1) is 8.48. The molecule has 0 amide bonds. The Kier molecular flexibility index (Phi) is 2.10. The molecule has 2 rings (SSSR count). The first-order chi connectivity index (χ1) is 5.68. The van der Waals surface area contributed by atoms with Crippen LogP contribution < -0.4 is 0 Å². The van der Waals surface area contributed by atoms with Crippen molar-refractivity contribution in [2.75, 3.05) is 0 Å². The predicted octanol–water partition coefficient (Wildman–Crippen LogP) is 4.46. The molecule has 4 heteroatoms. The van der Waals surface area contributed by atoms with E-state index >= 15 is 0 Å². The van der Waals surface area contributed by atoms with Gasteiger partial charge in [0, 0.05) is 19.9 Å². The van der Waals surface area contributed by atoms with Crippen molar-refractivity contribution in [2.45, 2.75) is 0 Å². The van der Waals surface area contributed by atoms with Gasteiger partial charge in [0.2, 0.25) is 0 Å². The minimum Gasteiger partial charge on any atom is -0.206 e. The summed E-state index contributed by atoms with van der Waals surface area (Å²) in [5.74, 6) is -0.273. The molecular weight excluding hydrogens is 263 g/mol. The summed E-state index contributed by atoms with van der Waals surface area (Å²) in [6, 6.07) is 3.27. The van der Waals surface area contributed by atoms with Gasteiger partial charge < -0.3 is 0 Å². The van der Waals surface area contributed by atoms with Gasteiger partial charge in [0.15, 0.2) is 0 Å². The predicted molar refractivity (Wildman–Crippen MR) is 54.5 cm³/mol. The highest BCUT2D eigenvalue weighted by Crippen LogP contribution is 2.34. The lowest BCUT2D eigenvalue weighted by atomic mass is 10.2. The average Bonchev–Trinajstić information content (AvgIpc) is 2.31. The van der Waals surface area contributed by atoms with Crippen LogP contribution in [0.15, 0.2) is 22.0 Å². The molecule has 0 aliphatic heterocycles. The van der Waals surface area contributed by atoms with Crippen LogP contribution in [0.4, 0.5) is 4.39 Å². The van der Waals surface area contributed by atoms with E-state index in [4.69, 9.17) is 11.6 Å². The molecule has 2 aromatic rings. The van der Waals surface area contributed by atoms with Crippen molar-refractivity contribution in [3.63, 3.8) is 0 Å². The number of hydrogen-bond donors (Lipinski definition) is 0. The summed E-state index contributed by atoms with van der Waals surface area (Å²) in [5.41, 5.74) is 0. The van der Waals surface area contributed by atoms with Crippen molar-refractivity contribution in [3.8, 4) is 0 Å². The second-order valence-electron chi connectivity index (χ2n) is 2.34. The fraction of sp³-hybridized carbons (Fsp3) is 0. The zero-order valence-corrected chi connectivity index (χ0v) is 8.93. The first-order valence-corrected chi connectivity index (χ1v) is 5.25. The summed E-state index contributed by atoms with van der Waals surface area (Å²) in [5, 5.41) is 2.74. The van der Waals surface area contributed by atoms with E-state index in [-0.39, 0.29) is 5.82 Å². The highest BCUT2D eigenvalue weighted by molar-refractivity contribution is 9.10. The fourth-order valence-electron chi connectivity index (χ4n) is 1.05. The third-order valence-electron chi connectivity index (χ3n) is 1.55. The Labute approximate surface area is 86.1 Å². The molecule has 0 aliphatic rings. The second kappa shape index (κ2) is 2.98. The molecule has 0 unspecified atom stereocenters. The van der Waals surface area contributed by atoms with Gasteiger partial charge in [-0.1, -0.05) is 27.5 Å². The molecule has 0 saturated heterocycles. The van der Waals surface area contributed by atoms with Crippen molar-refractivity contribution < 1.29 is 4.39 Å². The summed E-state index contributed by atoms with van der Waals surface area (Å²) in [7, 11) is 0. The average molecular weight is 266 g/mol. The smallest absolute Gasteiger partial charge is 0.134 e. The quantitative estimate of drug-likeness (QED) is 0.660. The second-order valence-corrected chi connectivity index (χ2v) is 4.58. The first-order valence-electron chi connectivity index (χ1n) is 3.20. The van der Waals surface area contributed by atoms with Crippen LogP contribution in [-0.4, -0.2) is 0 Å². The van der Waals surface area contributed by atoms with E-state index in [9.17, 15) is 4.39 Å². The normalized spacial score (nSPS) is 10.9. The van der Waals surface area contributed by atoms with Crippen LogP contribution >= 0.6 is 38.9 Å². The lowest BCUT2D eigenvalue weighted by molar-refractivity contribution is 0.639. The van der Waals surface area contributed by atoms with Gasteiger partial charge in [0.1, 0.15) is 5.82 Å². The Balaban J connectivity index is 2.93. The number of thiophene rings is 1. The molecule has 0 N–H and O–H groups in total. The fourth-order valence-corrected chi connectivity index (χ4v) is 2.88. The standard InChI is InChI=1S/C8H3BrClFS/c9-4-1-6(11)8-5(10)3-12-7(8)2-4/h1-3H. The topological polar surface area (TPSA) is 0 Å². The van der Waals surface area contributed by atoms with E-state index in [0.717, 1.165) is 9.17 Å². The molecule has 1 aromatic heterocycles. The third kappa shape index (κ3) is 1.26. The Bertz CT molecular complexity index is 438. The highest BCUT2D eigenvalue weighted by atomic mass is 79.9. The van der Waals surface area contributed by atoms with E-state index in [1.54, 1.807) is 5.38 Å². The summed E-state index contributed by atoms with van der Waals surface area (Å²) in [6.07, 6.45) is 0. The Morgan fingerprint density at radius 2 is 2.17 bits per heavy atom. The van der Waals surface area contributed by atoms with Crippen LogP contribution in [0.2, 0.25) is 5.02 Å². The van der Waals surface area contributed by atoms with Gasteiger partial charge in [-0.2, -0.15) is 0 Å². The van der Waals surface area contributed by atoms with Gasteiger partial charge in [0.05, 0.1) is 5.02 Å². The number of fused-ring (bicyclic) bond motifs is 1. The summed E-state index contributed by atoms with van der Waals surface area (Å²) in [6.45, 7) is 0. The summed E-state index contributed by atoms with van der Waals surface area (Å²) in [4.78, 5) is 0. The molecule has 0 aliphatic carbocycles. The van der Waals surface area contributed by atoms with E-state index in [1.165, 1.54) is 17.4 Å². The Morgan fingerprint density at radius 3 is 2.92 bits per heavy atom. The van der Waals surface area contributed by atoms with Gasteiger partial charge in [-0.15, -0.1) is 11.3 Å². The molecule has 0 fully saturated rings. The SMILES string of the molecule is Fc1cc(Br)cc2scc(Cl)c12. The van der Waals surface area contributed by atoms with Crippen molar-refractivity contribution in [3.05, 3.63) is 32.8 Å². The molecule has 1 aromatic carbocycles. The zero-order valence-electron chi connectivity index (χ0n) is 5.77. The van der Waals surface area contributed by atoms with Gasteiger partial charge in [-0.05, 0) is 12.1 Å². The van der Waals surface area contributed by atoms with E-state index in [0.29, 0.717) is 10.4 Å². The Morgan fingerprint density at radius 1 is 1.42 bits per heavy atom. The molecule has 0 bridgehead atoms. The van der Waals surface area contributed by atoms with Gasteiger partial charge in [-0.25, -0.2) is 4.39 Å². The molecular formula is C8H3BrClFS. The molecule has 1 heterocycles. The Hall–Kier alpha value is -0.120. The monoisotopic (exact) mass is 264 g/mol. The van der Waals surface area contributed by atoms with Crippen molar-refractivity contribution in [1.82, 2.24) is 0 Å². The minimum atomic E-state index is -0.273. The maximum atomic E-state index is 13.2. The van der Waals surface area contributed by atoms with Gasteiger partial charge >= 0.3 is 0 Å². The summed E-state index contributed by atoms with van der Waals surface area (Å²) >= 11 is 10.4. The van der Waals surface area contributed by atoms with Crippen LogP contribution in [0, 0.1) is 5.82 Å². The van der Waals surface area contributed by atoms with Crippen LogP contribution in [0.3, 0.4) is 0 Å². The molecule has 0 radical (unpaired) electrons. The molecule has 0 nitrogen and oxygen atoms in total. The molecule has 0 atom stereocenters. The largest absolute Gasteiger partial charge is 0.206 e. The molecule has 0 saturated carbocycles. The maximum Gasteiger partial charge on any atom is 0.134 e. The van der Waals surface area contributed by atoms with E-state index in [2.05, 4.69) is 15.9 Å². The highest BCUT2D eigenvalue weighted by Gasteiger charge is 2.07. The van der Waals surface area contributed by atoms with Crippen molar-refractivity contribution in [2.24, 2.45) is 0 Å². The zero-order chi connectivity index (χ0) is 8.72. The number of rotatable bonds is 0.